The van der Waals surface area contributed by atoms with Gasteiger partial charge in [0.1, 0.15) is 5.54 Å². The molecule has 0 aliphatic carbocycles. The van der Waals surface area contributed by atoms with Gasteiger partial charge in [0.25, 0.3) is 0 Å². The van der Waals surface area contributed by atoms with Crippen molar-refractivity contribution in [2.24, 2.45) is 0 Å². The molecule has 2 atom stereocenters. The zero-order chi connectivity index (χ0) is 14.5. The number of rotatable bonds is 7. The Labute approximate surface area is 116 Å². The fourth-order valence-corrected chi connectivity index (χ4v) is 2.16. The minimum Gasteiger partial charge on any atom is -0.480 e. The predicted molar refractivity (Wildman–Crippen MR) is 78.3 cm³/mol. The standard InChI is InChI=1S/C16H25NO2/c1-5-7-13-8-10-14(11-9-13)16(4,15(18)19)17-12(3)6-2/h8-12,17H,5-7H2,1-4H3,(H,18,19). The first kappa shape index (κ1) is 15.7. The fourth-order valence-electron chi connectivity index (χ4n) is 2.16. The van der Waals surface area contributed by atoms with Crippen LogP contribution in [0.1, 0.15) is 51.7 Å². The molecule has 19 heavy (non-hydrogen) atoms. The van der Waals surface area contributed by atoms with Crippen molar-refractivity contribution < 1.29 is 9.90 Å². The topological polar surface area (TPSA) is 49.3 Å². The first-order valence-corrected chi connectivity index (χ1v) is 7.04. The van der Waals surface area contributed by atoms with Crippen molar-refractivity contribution in [1.29, 1.82) is 0 Å². The van der Waals surface area contributed by atoms with Crippen LogP contribution in [0.3, 0.4) is 0 Å². The van der Waals surface area contributed by atoms with Crippen LogP contribution < -0.4 is 5.32 Å². The molecule has 0 aromatic heterocycles. The van der Waals surface area contributed by atoms with Crippen molar-refractivity contribution in [2.45, 2.75) is 58.5 Å². The lowest BCUT2D eigenvalue weighted by Crippen LogP contribution is -2.50. The van der Waals surface area contributed by atoms with Crippen molar-refractivity contribution in [2.75, 3.05) is 0 Å². The van der Waals surface area contributed by atoms with Gasteiger partial charge < -0.3 is 5.11 Å². The van der Waals surface area contributed by atoms with E-state index in [2.05, 4.69) is 12.2 Å². The summed E-state index contributed by atoms with van der Waals surface area (Å²) in [7, 11) is 0. The quantitative estimate of drug-likeness (QED) is 0.793. The zero-order valence-corrected chi connectivity index (χ0v) is 12.4. The molecule has 1 aromatic carbocycles. The van der Waals surface area contributed by atoms with Crippen LogP contribution >= 0.6 is 0 Å². The summed E-state index contributed by atoms with van der Waals surface area (Å²) in [5.74, 6) is -0.837. The average molecular weight is 263 g/mol. The Morgan fingerprint density at radius 1 is 1.32 bits per heavy atom. The van der Waals surface area contributed by atoms with Gasteiger partial charge in [-0.1, -0.05) is 44.5 Å². The number of benzene rings is 1. The Kier molecular flexibility index (Phi) is 5.55. The number of aryl methyl sites for hydroxylation is 1. The summed E-state index contributed by atoms with van der Waals surface area (Å²) in [4.78, 5) is 11.6. The van der Waals surface area contributed by atoms with Gasteiger partial charge in [-0.15, -0.1) is 0 Å². The van der Waals surface area contributed by atoms with Crippen LogP contribution in [0.2, 0.25) is 0 Å². The van der Waals surface area contributed by atoms with Gasteiger partial charge in [-0.2, -0.15) is 0 Å². The van der Waals surface area contributed by atoms with Gasteiger partial charge in [0.2, 0.25) is 0 Å². The summed E-state index contributed by atoms with van der Waals surface area (Å²) in [6, 6.07) is 8.07. The van der Waals surface area contributed by atoms with Crippen molar-refractivity contribution in [1.82, 2.24) is 5.32 Å². The Morgan fingerprint density at radius 2 is 1.89 bits per heavy atom. The van der Waals surface area contributed by atoms with Crippen LogP contribution in [0.4, 0.5) is 0 Å². The lowest BCUT2D eigenvalue weighted by molar-refractivity contribution is -0.145. The smallest absolute Gasteiger partial charge is 0.328 e. The lowest BCUT2D eigenvalue weighted by Gasteiger charge is -2.30. The second-order valence-electron chi connectivity index (χ2n) is 5.33. The van der Waals surface area contributed by atoms with Gasteiger partial charge in [0.05, 0.1) is 0 Å². The van der Waals surface area contributed by atoms with Gasteiger partial charge in [0, 0.05) is 6.04 Å². The molecule has 2 unspecified atom stereocenters. The third-order valence-corrected chi connectivity index (χ3v) is 3.65. The summed E-state index contributed by atoms with van der Waals surface area (Å²) >= 11 is 0. The van der Waals surface area contributed by atoms with Gasteiger partial charge in [-0.25, -0.2) is 4.79 Å². The van der Waals surface area contributed by atoms with E-state index in [0.29, 0.717) is 0 Å². The molecule has 1 rings (SSSR count). The van der Waals surface area contributed by atoms with Crippen LogP contribution in [0.15, 0.2) is 24.3 Å². The normalized spacial score (nSPS) is 15.8. The van der Waals surface area contributed by atoms with Gasteiger partial charge in [-0.3, -0.25) is 5.32 Å². The van der Waals surface area contributed by atoms with E-state index in [-0.39, 0.29) is 6.04 Å². The maximum Gasteiger partial charge on any atom is 0.328 e. The summed E-state index contributed by atoms with van der Waals surface area (Å²) in [6.07, 6.45) is 3.03. The lowest BCUT2D eigenvalue weighted by atomic mass is 9.90. The van der Waals surface area contributed by atoms with Crippen molar-refractivity contribution in [3.05, 3.63) is 35.4 Å². The number of carbonyl (C=O) groups is 1. The second kappa shape index (κ2) is 6.71. The van der Waals surface area contributed by atoms with Gasteiger partial charge in [0.15, 0.2) is 0 Å². The van der Waals surface area contributed by atoms with E-state index in [0.717, 1.165) is 24.8 Å². The van der Waals surface area contributed by atoms with E-state index in [1.165, 1.54) is 5.56 Å². The molecule has 106 valence electrons. The minimum atomic E-state index is -1.03. The van der Waals surface area contributed by atoms with E-state index >= 15 is 0 Å². The Balaban J connectivity index is 3.01. The largest absolute Gasteiger partial charge is 0.480 e. The summed E-state index contributed by atoms with van der Waals surface area (Å²) in [5, 5.41) is 12.8. The fraction of sp³-hybridized carbons (Fsp3) is 0.562. The van der Waals surface area contributed by atoms with Crippen molar-refractivity contribution in [3.8, 4) is 0 Å². The highest BCUT2D eigenvalue weighted by atomic mass is 16.4. The number of carboxylic acid groups (broad SMARTS) is 1. The van der Waals surface area contributed by atoms with E-state index in [9.17, 15) is 9.90 Å². The highest BCUT2D eigenvalue weighted by Crippen LogP contribution is 2.23. The molecule has 3 heteroatoms. The molecule has 0 aliphatic rings. The van der Waals surface area contributed by atoms with E-state index in [1.807, 2.05) is 38.1 Å². The molecule has 0 fully saturated rings. The van der Waals surface area contributed by atoms with Gasteiger partial charge >= 0.3 is 5.97 Å². The molecule has 0 radical (unpaired) electrons. The zero-order valence-electron chi connectivity index (χ0n) is 12.4. The van der Waals surface area contributed by atoms with Crippen molar-refractivity contribution in [3.63, 3.8) is 0 Å². The Bertz CT molecular complexity index is 413. The Morgan fingerprint density at radius 3 is 2.32 bits per heavy atom. The molecule has 0 heterocycles. The molecule has 0 spiro atoms. The molecule has 0 saturated carbocycles. The molecule has 3 nitrogen and oxygen atoms in total. The number of carboxylic acids is 1. The molecule has 0 saturated heterocycles. The number of hydrogen-bond acceptors (Lipinski definition) is 2. The monoisotopic (exact) mass is 263 g/mol. The molecule has 2 N–H and O–H groups in total. The van der Waals surface area contributed by atoms with E-state index in [1.54, 1.807) is 6.92 Å². The van der Waals surface area contributed by atoms with Crippen LogP contribution in [0.5, 0.6) is 0 Å². The molecular formula is C16H25NO2. The average Bonchev–Trinajstić information content (AvgIpc) is 2.39. The summed E-state index contributed by atoms with van der Waals surface area (Å²) in [5.41, 5.74) is 1.03. The third kappa shape index (κ3) is 3.80. The third-order valence-electron chi connectivity index (χ3n) is 3.65. The highest BCUT2D eigenvalue weighted by molar-refractivity contribution is 5.80. The maximum atomic E-state index is 11.6. The van der Waals surface area contributed by atoms with Gasteiger partial charge in [-0.05, 0) is 37.8 Å². The van der Waals surface area contributed by atoms with Crippen LogP contribution in [-0.2, 0) is 16.8 Å². The molecule has 0 aliphatic heterocycles. The van der Waals surface area contributed by atoms with Crippen LogP contribution in [-0.4, -0.2) is 17.1 Å². The first-order valence-electron chi connectivity index (χ1n) is 7.04. The van der Waals surface area contributed by atoms with Crippen LogP contribution in [0, 0.1) is 0 Å². The number of aliphatic carboxylic acids is 1. The minimum absolute atomic E-state index is 0.163. The molecule has 1 aromatic rings. The maximum absolute atomic E-state index is 11.6. The summed E-state index contributed by atoms with van der Waals surface area (Å²) in [6.45, 7) is 7.92. The highest BCUT2D eigenvalue weighted by Gasteiger charge is 2.35. The van der Waals surface area contributed by atoms with E-state index in [4.69, 9.17) is 0 Å². The van der Waals surface area contributed by atoms with E-state index < -0.39 is 11.5 Å². The first-order chi connectivity index (χ1) is 8.93. The SMILES string of the molecule is CCCc1ccc(C(C)(NC(C)CC)C(=O)O)cc1. The second-order valence-corrected chi connectivity index (χ2v) is 5.33. The number of nitrogens with one attached hydrogen (secondary N) is 1. The molecule has 0 bridgehead atoms. The number of hydrogen-bond donors (Lipinski definition) is 2. The molecule has 0 amide bonds. The van der Waals surface area contributed by atoms with Crippen LogP contribution in [0.25, 0.3) is 0 Å². The summed E-state index contributed by atoms with van der Waals surface area (Å²) < 4.78 is 0. The Hall–Kier alpha value is -1.35. The molecular weight excluding hydrogens is 238 g/mol. The van der Waals surface area contributed by atoms with Crippen molar-refractivity contribution >= 4 is 5.97 Å². The predicted octanol–water partition coefficient (Wildman–Crippen LogP) is 3.33.